The SMILES string of the molecule is COc1cc(C)ccc1Oc1cc(N2CCN(c3ccccc3F)CC2)ncn1. The second-order valence-corrected chi connectivity index (χ2v) is 6.90. The van der Waals surface area contributed by atoms with Crippen LogP contribution < -0.4 is 19.3 Å². The monoisotopic (exact) mass is 394 g/mol. The third kappa shape index (κ3) is 4.23. The van der Waals surface area contributed by atoms with E-state index in [2.05, 4.69) is 19.8 Å². The van der Waals surface area contributed by atoms with Gasteiger partial charge in [-0.15, -0.1) is 0 Å². The predicted octanol–water partition coefficient (Wildman–Crippen LogP) is 4.05. The highest BCUT2D eigenvalue weighted by atomic mass is 19.1. The summed E-state index contributed by atoms with van der Waals surface area (Å²) in [5, 5.41) is 0. The molecule has 1 aliphatic heterocycles. The van der Waals surface area contributed by atoms with Crippen molar-refractivity contribution in [1.82, 2.24) is 9.97 Å². The van der Waals surface area contributed by atoms with Gasteiger partial charge in [0.2, 0.25) is 5.88 Å². The molecule has 0 unspecified atom stereocenters. The Hall–Kier alpha value is -3.35. The summed E-state index contributed by atoms with van der Waals surface area (Å²) in [6.07, 6.45) is 1.49. The number of anilines is 2. The Morgan fingerprint density at radius 1 is 0.897 bits per heavy atom. The lowest BCUT2D eigenvalue weighted by Crippen LogP contribution is -2.47. The molecule has 0 amide bonds. The quantitative estimate of drug-likeness (QED) is 0.651. The number of benzene rings is 2. The minimum atomic E-state index is -0.189. The first-order valence-electron chi connectivity index (χ1n) is 9.53. The van der Waals surface area contributed by atoms with Gasteiger partial charge >= 0.3 is 0 Å². The zero-order valence-electron chi connectivity index (χ0n) is 16.5. The summed E-state index contributed by atoms with van der Waals surface area (Å²) >= 11 is 0. The van der Waals surface area contributed by atoms with Crippen molar-refractivity contribution in [3.63, 3.8) is 0 Å². The lowest BCUT2D eigenvalue weighted by Gasteiger charge is -2.36. The number of aryl methyl sites for hydroxylation is 1. The number of hydrogen-bond acceptors (Lipinski definition) is 6. The van der Waals surface area contributed by atoms with Gasteiger partial charge in [0.25, 0.3) is 0 Å². The molecule has 0 spiro atoms. The number of nitrogens with zero attached hydrogens (tertiary/aromatic N) is 4. The van der Waals surface area contributed by atoms with E-state index < -0.39 is 0 Å². The average molecular weight is 394 g/mol. The van der Waals surface area contributed by atoms with E-state index >= 15 is 0 Å². The number of rotatable bonds is 5. The van der Waals surface area contributed by atoms with Gasteiger partial charge in [0, 0.05) is 32.2 Å². The first-order valence-corrected chi connectivity index (χ1v) is 9.53. The van der Waals surface area contributed by atoms with Gasteiger partial charge < -0.3 is 19.3 Å². The molecule has 6 nitrogen and oxygen atoms in total. The van der Waals surface area contributed by atoms with Crippen LogP contribution in [0.3, 0.4) is 0 Å². The van der Waals surface area contributed by atoms with Crippen LogP contribution in [0.5, 0.6) is 17.4 Å². The summed E-state index contributed by atoms with van der Waals surface area (Å²) in [4.78, 5) is 12.8. The molecule has 0 saturated carbocycles. The third-order valence-corrected chi connectivity index (χ3v) is 4.96. The summed E-state index contributed by atoms with van der Waals surface area (Å²) in [6, 6.07) is 14.4. The highest BCUT2D eigenvalue weighted by Crippen LogP contribution is 2.32. The molecule has 2 aromatic carbocycles. The van der Waals surface area contributed by atoms with E-state index in [1.54, 1.807) is 13.2 Å². The van der Waals surface area contributed by atoms with Crippen molar-refractivity contribution < 1.29 is 13.9 Å². The molecule has 1 aromatic heterocycles. The minimum absolute atomic E-state index is 0.189. The summed E-state index contributed by atoms with van der Waals surface area (Å²) in [5.74, 6) is 2.31. The van der Waals surface area contributed by atoms with Crippen LogP contribution in [-0.2, 0) is 0 Å². The van der Waals surface area contributed by atoms with Crippen molar-refractivity contribution in [2.75, 3.05) is 43.1 Å². The van der Waals surface area contributed by atoms with Gasteiger partial charge in [0.15, 0.2) is 11.5 Å². The molecule has 0 radical (unpaired) electrons. The van der Waals surface area contributed by atoms with Crippen LogP contribution in [0.1, 0.15) is 5.56 Å². The highest BCUT2D eigenvalue weighted by Gasteiger charge is 2.21. The van der Waals surface area contributed by atoms with E-state index in [0.29, 0.717) is 36.2 Å². The van der Waals surface area contributed by atoms with E-state index in [9.17, 15) is 4.39 Å². The minimum Gasteiger partial charge on any atom is -0.493 e. The maximum Gasteiger partial charge on any atom is 0.224 e. The van der Waals surface area contributed by atoms with Gasteiger partial charge in [-0.25, -0.2) is 14.4 Å². The van der Waals surface area contributed by atoms with E-state index in [-0.39, 0.29) is 5.82 Å². The molecule has 29 heavy (non-hydrogen) atoms. The number of para-hydroxylation sites is 1. The second-order valence-electron chi connectivity index (χ2n) is 6.90. The van der Waals surface area contributed by atoms with Gasteiger partial charge in [-0.05, 0) is 36.8 Å². The Morgan fingerprint density at radius 3 is 2.41 bits per heavy atom. The van der Waals surface area contributed by atoms with Crippen molar-refractivity contribution in [2.24, 2.45) is 0 Å². The molecule has 1 aliphatic rings. The molecule has 7 heteroatoms. The molecular formula is C22H23FN4O2. The second kappa shape index (κ2) is 8.34. The molecule has 0 N–H and O–H groups in total. The van der Waals surface area contributed by atoms with Crippen molar-refractivity contribution in [3.05, 3.63) is 66.2 Å². The van der Waals surface area contributed by atoms with E-state index in [4.69, 9.17) is 9.47 Å². The predicted molar refractivity (Wildman–Crippen MR) is 111 cm³/mol. The lowest BCUT2D eigenvalue weighted by molar-refractivity contribution is 0.373. The summed E-state index contributed by atoms with van der Waals surface area (Å²) in [5.41, 5.74) is 1.73. The Bertz CT molecular complexity index is 990. The van der Waals surface area contributed by atoms with Crippen LogP contribution >= 0.6 is 0 Å². The molecule has 1 saturated heterocycles. The molecule has 3 aromatic rings. The smallest absolute Gasteiger partial charge is 0.224 e. The van der Waals surface area contributed by atoms with E-state index in [1.807, 2.05) is 43.3 Å². The topological polar surface area (TPSA) is 50.7 Å². The molecule has 0 bridgehead atoms. The van der Waals surface area contributed by atoms with Crippen LogP contribution in [0.15, 0.2) is 54.9 Å². The number of methoxy groups -OCH3 is 1. The lowest BCUT2D eigenvalue weighted by atomic mass is 10.2. The highest BCUT2D eigenvalue weighted by molar-refractivity contribution is 5.51. The van der Waals surface area contributed by atoms with Gasteiger partial charge in [-0.3, -0.25) is 0 Å². The third-order valence-electron chi connectivity index (χ3n) is 4.96. The van der Waals surface area contributed by atoms with Crippen LogP contribution in [-0.4, -0.2) is 43.3 Å². The molecule has 0 atom stereocenters. The fourth-order valence-corrected chi connectivity index (χ4v) is 3.42. The van der Waals surface area contributed by atoms with Crippen molar-refractivity contribution in [1.29, 1.82) is 0 Å². The normalized spacial score (nSPS) is 14.0. The Labute approximate surface area is 169 Å². The van der Waals surface area contributed by atoms with Crippen molar-refractivity contribution >= 4 is 11.5 Å². The summed E-state index contributed by atoms with van der Waals surface area (Å²) in [7, 11) is 1.61. The molecule has 2 heterocycles. The van der Waals surface area contributed by atoms with Gasteiger partial charge in [0.1, 0.15) is 18.0 Å². The number of hydrogen-bond donors (Lipinski definition) is 0. The zero-order valence-corrected chi connectivity index (χ0v) is 16.5. The van der Waals surface area contributed by atoms with E-state index in [0.717, 1.165) is 24.5 Å². The van der Waals surface area contributed by atoms with Crippen molar-refractivity contribution in [3.8, 4) is 17.4 Å². The maximum absolute atomic E-state index is 14.0. The first kappa shape index (κ1) is 19.0. The average Bonchev–Trinajstić information content (AvgIpc) is 2.76. The summed E-state index contributed by atoms with van der Waals surface area (Å²) < 4.78 is 25.4. The standard InChI is InChI=1S/C22H23FN4O2/c1-16-7-8-19(20(13-16)28-2)29-22-14-21(24-15-25-22)27-11-9-26(10-12-27)18-6-4-3-5-17(18)23/h3-8,13-15H,9-12H2,1-2H3. The first-order chi connectivity index (χ1) is 14.1. The van der Waals surface area contributed by atoms with Crippen LogP contribution in [0.25, 0.3) is 0 Å². The largest absolute Gasteiger partial charge is 0.493 e. The summed E-state index contributed by atoms with van der Waals surface area (Å²) in [6.45, 7) is 4.90. The van der Waals surface area contributed by atoms with Crippen LogP contribution in [0.4, 0.5) is 15.9 Å². The zero-order chi connectivity index (χ0) is 20.2. The molecular weight excluding hydrogens is 371 g/mol. The van der Waals surface area contributed by atoms with Crippen LogP contribution in [0.2, 0.25) is 0 Å². The Morgan fingerprint density at radius 2 is 1.66 bits per heavy atom. The van der Waals surface area contributed by atoms with Crippen LogP contribution in [0, 0.1) is 12.7 Å². The van der Waals surface area contributed by atoms with Gasteiger partial charge in [0.05, 0.1) is 12.8 Å². The maximum atomic E-state index is 14.0. The fraction of sp³-hybridized carbons (Fsp3) is 0.273. The molecule has 1 fully saturated rings. The fourth-order valence-electron chi connectivity index (χ4n) is 3.42. The van der Waals surface area contributed by atoms with E-state index in [1.165, 1.54) is 12.4 Å². The van der Waals surface area contributed by atoms with Gasteiger partial charge in [-0.1, -0.05) is 18.2 Å². The Balaban J connectivity index is 1.45. The molecule has 150 valence electrons. The number of aromatic nitrogens is 2. The Kier molecular flexibility index (Phi) is 5.46. The number of halogens is 1. The number of piperazine rings is 1. The van der Waals surface area contributed by atoms with Gasteiger partial charge in [-0.2, -0.15) is 0 Å². The number of ether oxygens (including phenoxy) is 2. The van der Waals surface area contributed by atoms with Crippen molar-refractivity contribution in [2.45, 2.75) is 6.92 Å². The molecule has 0 aliphatic carbocycles. The molecule has 4 rings (SSSR count).